The Morgan fingerprint density at radius 1 is 1.22 bits per heavy atom. The van der Waals surface area contributed by atoms with Crippen LogP contribution in [0.5, 0.6) is 0 Å². The number of hydrogen-bond acceptors (Lipinski definition) is 6. The molecule has 0 saturated carbocycles. The molecule has 8 heteroatoms. The Hall–Kier alpha value is -3.52. The molecular formula is C19H14N4O3S. The highest BCUT2D eigenvalue weighted by Gasteiger charge is 2.15. The highest BCUT2D eigenvalue weighted by Crippen LogP contribution is 2.26. The third-order valence-corrected chi connectivity index (χ3v) is 4.76. The average molecular weight is 378 g/mol. The first-order chi connectivity index (χ1) is 13.2. The van der Waals surface area contributed by atoms with E-state index in [0.717, 1.165) is 16.3 Å². The Kier molecular flexibility index (Phi) is 4.39. The number of nitrogens with zero attached hydrogens (tertiary/aromatic N) is 2. The smallest absolute Gasteiger partial charge is 0.354 e. The molecule has 4 rings (SSSR count). The van der Waals surface area contributed by atoms with Crippen LogP contribution in [-0.2, 0) is 4.74 Å². The summed E-state index contributed by atoms with van der Waals surface area (Å²) >= 11 is 1.30. The van der Waals surface area contributed by atoms with Crippen LogP contribution in [0.1, 0.15) is 21.0 Å². The molecule has 0 aliphatic heterocycles. The molecule has 0 unspecified atom stereocenters. The number of methoxy groups -OCH3 is 1. The van der Waals surface area contributed by atoms with Crippen LogP contribution in [0.25, 0.3) is 22.0 Å². The van der Waals surface area contributed by atoms with Gasteiger partial charge in [0.2, 0.25) is 0 Å². The van der Waals surface area contributed by atoms with Gasteiger partial charge in [0.25, 0.3) is 5.91 Å². The van der Waals surface area contributed by atoms with Crippen molar-refractivity contribution >= 4 is 39.1 Å². The maximum Gasteiger partial charge on any atom is 0.354 e. The molecule has 27 heavy (non-hydrogen) atoms. The van der Waals surface area contributed by atoms with Gasteiger partial charge < -0.3 is 9.72 Å². The number of anilines is 1. The molecule has 0 aliphatic rings. The number of amides is 1. The van der Waals surface area contributed by atoms with Crippen LogP contribution in [0, 0.1) is 0 Å². The summed E-state index contributed by atoms with van der Waals surface area (Å²) in [5.74, 6) is -0.774. The molecule has 2 N–H and O–H groups in total. The Bertz CT molecular complexity index is 1140. The van der Waals surface area contributed by atoms with Crippen LogP contribution in [-0.4, -0.2) is 33.9 Å². The standard InChI is InChI=1S/C19H14N4O3S/c1-26-18(25)14-8-12(9-21-14)15-10-27-19(22-15)23-17(24)16-13-5-3-2-4-11(13)6-7-20-16/h2-10,21H,1H3,(H,22,23,24). The van der Waals surface area contributed by atoms with Gasteiger partial charge in [-0.15, -0.1) is 11.3 Å². The van der Waals surface area contributed by atoms with Gasteiger partial charge in [-0.05, 0) is 17.5 Å². The fourth-order valence-corrected chi connectivity index (χ4v) is 3.41. The van der Waals surface area contributed by atoms with Crippen molar-refractivity contribution in [3.63, 3.8) is 0 Å². The number of ether oxygens (including phenoxy) is 1. The first-order valence-electron chi connectivity index (χ1n) is 8.03. The number of thiazole rings is 1. The fraction of sp³-hybridized carbons (Fsp3) is 0.0526. The number of nitrogens with one attached hydrogen (secondary N) is 2. The molecule has 7 nitrogen and oxygen atoms in total. The maximum absolute atomic E-state index is 12.6. The number of benzene rings is 1. The van der Waals surface area contributed by atoms with Crippen molar-refractivity contribution in [2.45, 2.75) is 0 Å². The van der Waals surface area contributed by atoms with E-state index in [1.807, 2.05) is 30.3 Å². The highest BCUT2D eigenvalue weighted by atomic mass is 32.1. The van der Waals surface area contributed by atoms with E-state index in [2.05, 4.69) is 25.0 Å². The van der Waals surface area contributed by atoms with E-state index >= 15 is 0 Å². The molecule has 0 aliphatic carbocycles. The van der Waals surface area contributed by atoms with Crippen LogP contribution >= 0.6 is 11.3 Å². The maximum atomic E-state index is 12.6. The van der Waals surface area contributed by atoms with Gasteiger partial charge in [-0.3, -0.25) is 15.1 Å². The molecule has 134 valence electrons. The zero-order valence-corrected chi connectivity index (χ0v) is 15.0. The van der Waals surface area contributed by atoms with Crippen LogP contribution in [0.15, 0.2) is 54.2 Å². The zero-order valence-electron chi connectivity index (χ0n) is 14.2. The normalized spacial score (nSPS) is 10.7. The number of aromatic nitrogens is 3. The highest BCUT2D eigenvalue weighted by molar-refractivity contribution is 7.14. The Labute approximate surface area is 158 Å². The number of H-pyrrole nitrogens is 1. The van der Waals surface area contributed by atoms with Crippen molar-refractivity contribution in [3.8, 4) is 11.3 Å². The number of pyridine rings is 1. The van der Waals surface area contributed by atoms with Crippen molar-refractivity contribution in [2.75, 3.05) is 12.4 Å². The minimum Gasteiger partial charge on any atom is -0.464 e. The SMILES string of the molecule is COC(=O)c1cc(-c2csc(NC(=O)c3nccc4ccccc34)n2)c[nH]1. The molecule has 0 atom stereocenters. The minimum atomic E-state index is -0.452. The molecule has 0 spiro atoms. The monoisotopic (exact) mass is 378 g/mol. The lowest BCUT2D eigenvalue weighted by atomic mass is 10.1. The van der Waals surface area contributed by atoms with Gasteiger partial charge >= 0.3 is 5.97 Å². The van der Waals surface area contributed by atoms with Gasteiger partial charge in [-0.2, -0.15) is 0 Å². The van der Waals surface area contributed by atoms with Crippen LogP contribution in [0.4, 0.5) is 5.13 Å². The summed E-state index contributed by atoms with van der Waals surface area (Å²) in [5.41, 5.74) is 2.06. The van der Waals surface area contributed by atoms with Crippen molar-refractivity contribution in [1.29, 1.82) is 0 Å². The van der Waals surface area contributed by atoms with Crippen molar-refractivity contribution in [1.82, 2.24) is 15.0 Å². The van der Waals surface area contributed by atoms with E-state index in [1.165, 1.54) is 18.4 Å². The van der Waals surface area contributed by atoms with Crippen molar-refractivity contribution in [2.24, 2.45) is 0 Å². The predicted octanol–water partition coefficient (Wildman–Crippen LogP) is 3.73. The summed E-state index contributed by atoms with van der Waals surface area (Å²) in [6.07, 6.45) is 3.28. The second-order valence-electron chi connectivity index (χ2n) is 5.67. The number of esters is 1. The van der Waals surface area contributed by atoms with E-state index in [4.69, 9.17) is 0 Å². The molecule has 0 fully saturated rings. The van der Waals surface area contributed by atoms with E-state index in [0.29, 0.717) is 22.2 Å². The third kappa shape index (κ3) is 3.30. The predicted molar refractivity (Wildman–Crippen MR) is 103 cm³/mol. The van der Waals surface area contributed by atoms with E-state index < -0.39 is 5.97 Å². The number of hydrogen-bond donors (Lipinski definition) is 2. The third-order valence-electron chi connectivity index (χ3n) is 4.00. The van der Waals surface area contributed by atoms with Gasteiger partial charge in [0.1, 0.15) is 11.4 Å². The Morgan fingerprint density at radius 3 is 2.93 bits per heavy atom. The first-order valence-corrected chi connectivity index (χ1v) is 8.91. The molecule has 3 heterocycles. The van der Waals surface area contributed by atoms with E-state index in [1.54, 1.807) is 23.8 Å². The lowest BCUT2D eigenvalue weighted by Crippen LogP contribution is -2.13. The van der Waals surface area contributed by atoms with Gasteiger partial charge in [-0.25, -0.2) is 9.78 Å². The molecule has 0 bridgehead atoms. The topological polar surface area (TPSA) is 97.0 Å². The Morgan fingerprint density at radius 2 is 2.07 bits per heavy atom. The van der Waals surface area contributed by atoms with Gasteiger partial charge in [-0.1, -0.05) is 24.3 Å². The summed E-state index contributed by atoms with van der Waals surface area (Å²) in [7, 11) is 1.32. The van der Waals surface area contributed by atoms with E-state index in [-0.39, 0.29) is 5.91 Å². The molecular weight excluding hydrogens is 364 g/mol. The quantitative estimate of drug-likeness (QED) is 0.528. The van der Waals surface area contributed by atoms with Crippen LogP contribution < -0.4 is 5.32 Å². The van der Waals surface area contributed by atoms with Crippen molar-refractivity contribution < 1.29 is 14.3 Å². The first kappa shape index (κ1) is 16.9. The number of fused-ring (bicyclic) bond motifs is 1. The van der Waals surface area contributed by atoms with Crippen LogP contribution in [0.2, 0.25) is 0 Å². The molecule has 1 aromatic carbocycles. The second-order valence-corrected chi connectivity index (χ2v) is 6.52. The average Bonchev–Trinajstić information content (AvgIpc) is 3.36. The summed E-state index contributed by atoms with van der Waals surface area (Å²) in [4.78, 5) is 35.6. The lowest BCUT2D eigenvalue weighted by Gasteiger charge is -2.04. The minimum absolute atomic E-state index is 0.322. The molecule has 1 amide bonds. The molecule has 0 saturated heterocycles. The number of carbonyl (C=O) groups is 2. The van der Waals surface area contributed by atoms with Crippen LogP contribution in [0.3, 0.4) is 0 Å². The second kappa shape index (κ2) is 7.00. The number of rotatable bonds is 4. The summed E-state index contributed by atoms with van der Waals surface area (Å²) < 4.78 is 4.68. The molecule has 4 aromatic rings. The largest absolute Gasteiger partial charge is 0.464 e. The number of carbonyl (C=O) groups excluding carboxylic acids is 2. The summed E-state index contributed by atoms with van der Waals surface area (Å²) in [6, 6.07) is 11.1. The van der Waals surface area contributed by atoms with Crippen molar-refractivity contribution in [3.05, 3.63) is 65.6 Å². The molecule has 0 radical (unpaired) electrons. The molecule has 3 aromatic heterocycles. The lowest BCUT2D eigenvalue weighted by molar-refractivity contribution is 0.0594. The van der Waals surface area contributed by atoms with Gasteiger partial charge in [0, 0.05) is 28.7 Å². The zero-order chi connectivity index (χ0) is 18.8. The van der Waals surface area contributed by atoms with Gasteiger partial charge in [0.15, 0.2) is 5.13 Å². The van der Waals surface area contributed by atoms with Gasteiger partial charge in [0.05, 0.1) is 12.8 Å². The fourth-order valence-electron chi connectivity index (χ4n) is 2.69. The number of aromatic amines is 1. The summed E-state index contributed by atoms with van der Waals surface area (Å²) in [6.45, 7) is 0. The Balaban J connectivity index is 1.56. The van der Waals surface area contributed by atoms with E-state index in [9.17, 15) is 9.59 Å². The summed E-state index contributed by atoms with van der Waals surface area (Å²) in [5, 5.41) is 6.76.